The monoisotopic (exact) mass is 405 g/mol. The average Bonchev–Trinajstić information content (AvgIpc) is 2.91. The van der Waals surface area contributed by atoms with Crippen LogP contribution < -0.4 is 10.5 Å². The van der Waals surface area contributed by atoms with Crippen molar-refractivity contribution in [2.24, 2.45) is 5.73 Å². The van der Waals surface area contributed by atoms with Gasteiger partial charge in [0.2, 0.25) is 5.91 Å². The molecular formula is C12H12BrN3O2S3. The quantitative estimate of drug-likeness (QED) is 0.536. The molecule has 112 valence electrons. The molecule has 0 bridgehead atoms. The molecule has 0 aliphatic carbocycles. The molecule has 1 aromatic carbocycles. The van der Waals surface area contributed by atoms with Crippen molar-refractivity contribution in [1.29, 1.82) is 0 Å². The molecule has 5 nitrogen and oxygen atoms in total. The van der Waals surface area contributed by atoms with Crippen LogP contribution in [0.3, 0.4) is 0 Å². The first kappa shape index (κ1) is 16.6. The Hall–Kier alpha value is -0.770. The molecule has 1 heterocycles. The number of primary amides is 1. The Bertz CT molecular complexity index is 592. The molecule has 0 saturated carbocycles. The number of amides is 1. The number of ether oxygens (including phenoxy) is 1. The van der Waals surface area contributed by atoms with E-state index >= 15 is 0 Å². The Morgan fingerprint density at radius 2 is 1.90 bits per heavy atom. The molecule has 21 heavy (non-hydrogen) atoms. The Balaban J connectivity index is 1.68. The highest BCUT2D eigenvalue weighted by Gasteiger charge is 2.06. The smallest absolute Gasteiger partial charge is 0.227 e. The second-order valence-electron chi connectivity index (χ2n) is 3.74. The van der Waals surface area contributed by atoms with Crippen molar-refractivity contribution < 1.29 is 9.53 Å². The van der Waals surface area contributed by atoms with Gasteiger partial charge in [-0.05, 0) is 24.3 Å². The fourth-order valence-corrected chi connectivity index (χ4v) is 4.18. The summed E-state index contributed by atoms with van der Waals surface area (Å²) >= 11 is 7.72. The first-order valence-electron chi connectivity index (χ1n) is 5.89. The molecule has 2 aromatic rings. The molecule has 0 fully saturated rings. The summed E-state index contributed by atoms with van der Waals surface area (Å²) in [6.45, 7) is 0.593. The molecule has 9 heteroatoms. The minimum Gasteiger partial charge on any atom is -0.493 e. The molecule has 0 radical (unpaired) electrons. The number of carbonyl (C=O) groups is 1. The van der Waals surface area contributed by atoms with Gasteiger partial charge in [-0.25, -0.2) is 0 Å². The van der Waals surface area contributed by atoms with Crippen molar-refractivity contribution in [3.63, 3.8) is 0 Å². The number of halogens is 1. The summed E-state index contributed by atoms with van der Waals surface area (Å²) in [5.41, 5.74) is 5.08. The number of rotatable bonds is 8. The van der Waals surface area contributed by atoms with E-state index < -0.39 is 0 Å². The normalized spacial score (nSPS) is 10.5. The van der Waals surface area contributed by atoms with E-state index in [1.807, 2.05) is 24.3 Å². The van der Waals surface area contributed by atoms with Gasteiger partial charge in [0, 0.05) is 10.2 Å². The Morgan fingerprint density at radius 3 is 2.57 bits per heavy atom. The number of hydrogen-bond acceptors (Lipinski definition) is 7. The third kappa shape index (κ3) is 6.25. The standard InChI is InChI=1S/C12H12BrN3O2S3/c13-8-1-3-9(4-2-8)18-5-6-19-11-15-16-12(21-11)20-7-10(14)17/h1-4H,5-7H2,(H2,14,17). The molecule has 2 N–H and O–H groups in total. The fourth-order valence-electron chi connectivity index (χ4n) is 1.27. The summed E-state index contributed by atoms with van der Waals surface area (Å²) in [7, 11) is 0. The van der Waals surface area contributed by atoms with E-state index in [1.54, 1.807) is 11.8 Å². The number of nitrogens with two attached hydrogens (primary N) is 1. The minimum atomic E-state index is -0.354. The van der Waals surface area contributed by atoms with Crippen molar-refractivity contribution >= 4 is 56.7 Å². The second kappa shape index (κ2) is 8.62. The summed E-state index contributed by atoms with van der Waals surface area (Å²) in [4.78, 5) is 10.7. The number of carbonyl (C=O) groups excluding carboxylic acids is 1. The topological polar surface area (TPSA) is 78.1 Å². The molecular weight excluding hydrogens is 394 g/mol. The van der Waals surface area contributed by atoms with Crippen LogP contribution in [-0.4, -0.2) is 34.2 Å². The van der Waals surface area contributed by atoms with Gasteiger partial charge in [-0.2, -0.15) is 0 Å². The van der Waals surface area contributed by atoms with Gasteiger partial charge < -0.3 is 10.5 Å². The fraction of sp³-hybridized carbons (Fsp3) is 0.250. The predicted octanol–water partition coefficient (Wildman–Crippen LogP) is 3.05. The number of thioether (sulfide) groups is 2. The SMILES string of the molecule is NC(=O)CSc1nnc(SCCOc2ccc(Br)cc2)s1. The molecule has 0 saturated heterocycles. The van der Waals surface area contributed by atoms with Crippen LogP contribution in [0.15, 0.2) is 37.4 Å². The van der Waals surface area contributed by atoms with Crippen molar-refractivity contribution in [3.8, 4) is 5.75 Å². The van der Waals surface area contributed by atoms with Gasteiger partial charge in [0.25, 0.3) is 0 Å². The largest absolute Gasteiger partial charge is 0.493 e. The van der Waals surface area contributed by atoms with Crippen molar-refractivity contribution in [3.05, 3.63) is 28.7 Å². The maximum atomic E-state index is 10.7. The maximum absolute atomic E-state index is 10.7. The zero-order valence-electron chi connectivity index (χ0n) is 10.8. The number of hydrogen-bond donors (Lipinski definition) is 1. The Kier molecular flexibility index (Phi) is 6.81. The molecule has 2 rings (SSSR count). The van der Waals surface area contributed by atoms with Crippen LogP contribution in [0.25, 0.3) is 0 Å². The van der Waals surface area contributed by atoms with Gasteiger partial charge in [0.05, 0.1) is 12.4 Å². The summed E-state index contributed by atoms with van der Waals surface area (Å²) in [5, 5.41) is 8.04. The van der Waals surface area contributed by atoms with Crippen LogP contribution in [0, 0.1) is 0 Å². The highest BCUT2D eigenvalue weighted by molar-refractivity contribution is 9.10. The summed E-state index contributed by atoms with van der Waals surface area (Å²) in [6, 6.07) is 7.71. The van der Waals surface area contributed by atoms with Crippen LogP contribution >= 0.6 is 50.8 Å². The van der Waals surface area contributed by atoms with Crippen LogP contribution in [-0.2, 0) is 4.79 Å². The van der Waals surface area contributed by atoms with Gasteiger partial charge >= 0.3 is 0 Å². The van der Waals surface area contributed by atoms with Gasteiger partial charge in [0.15, 0.2) is 8.68 Å². The summed E-state index contributed by atoms with van der Waals surface area (Å²) < 4.78 is 8.26. The molecule has 0 aliphatic heterocycles. The summed E-state index contributed by atoms with van der Waals surface area (Å²) in [5.74, 6) is 1.50. The lowest BCUT2D eigenvalue weighted by Crippen LogP contribution is -2.12. The van der Waals surface area contributed by atoms with Crippen LogP contribution in [0.5, 0.6) is 5.75 Å². The highest BCUT2D eigenvalue weighted by atomic mass is 79.9. The van der Waals surface area contributed by atoms with E-state index in [4.69, 9.17) is 10.5 Å². The minimum absolute atomic E-state index is 0.228. The first-order valence-corrected chi connectivity index (χ1v) is 9.47. The van der Waals surface area contributed by atoms with E-state index in [0.717, 1.165) is 24.7 Å². The number of nitrogens with zero attached hydrogens (tertiary/aromatic N) is 2. The molecule has 1 amide bonds. The van der Waals surface area contributed by atoms with Crippen LogP contribution in [0.1, 0.15) is 0 Å². The van der Waals surface area contributed by atoms with E-state index in [9.17, 15) is 4.79 Å². The van der Waals surface area contributed by atoms with Crippen molar-refractivity contribution in [2.75, 3.05) is 18.1 Å². The first-order chi connectivity index (χ1) is 10.1. The van der Waals surface area contributed by atoms with Crippen LogP contribution in [0.2, 0.25) is 0 Å². The molecule has 1 aromatic heterocycles. The average molecular weight is 406 g/mol. The Morgan fingerprint density at radius 1 is 1.24 bits per heavy atom. The van der Waals surface area contributed by atoms with Crippen molar-refractivity contribution in [2.45, 2.75) is 8.68 Å². The lowest BCUT2D eigenvalue weighted by molar-refractivity contribution is -0.115. The third-order valence-corrected chi connectivity index (χ3v) is 5.82. The zero-order chi connectivity index (χ0) is 15.1. The van der Waals surface area contributed by atoms with Gasteiger partial charge in [-0.3, -0.25) is 4.79 Å². The molecule has 0 aliphatic rings. The number of aromatic nitrogens is 2. The molecule has 0 atom stereocenters. The third-order valence-electron chi connectivity index (χ3n) is 2.12. The highest BCUT2D eigenvalue weighted by Crippen LogP contribution is 2.28. The number of benzene rings is 1. The Labute approximate surface area is 143 Å². The van der Waals surface area contributed by atoms with Gasteiger partial charge in [0.1, 0.15) is 5.75 Å². The van der Waals surface area contributed by atoms with E-state index in [2.05, 4.69) is 26.1 Å². The second-order valence-corrected chi connectivity index (χ2v) is 8.20. The van der Waals surface area contributed by atoms with Crippen LogP contribution in [0.4, 0.5) is 0 Å². The lowest BCUT2D eigenvalue weighted by atomic mass is 10.3. The maximum Gasteiger partial charge on any atom is 0.227 e. The van der Waals surface area contributed by atoms with E-state index in [1.165, 1.54) is 23.1 Å². The van der Waals surface area contributed by atoms with Crippen molar-refractivity contribution in [1.82, 2.24) is 10.2 Å². The zero-order valence-corrected chi connectivity index (χ0v) is 14.9. The molecule has 0 unspecified atom stereocenters. The van der Waals surface area contributed by atoms with Gasteiger partial charge in [-0.15, -0.1) is 10.2 Å². The van der Waals surface area contributed by atoms with E-state index in [0.29, 0.717) is 6.61 Å². The van der Waals surface area contributed by atoms with E-state index in [-0.39, 0.29) is 11.7 Å². The van der Waals surface area contributed by atoms with Gasteiger partial charge in [-0.1, -0.05) is 50.8 Å². The lowest BCUT2D eigenvalue weighted by Gasteiger charge is -2.04. The summed E-state index contributed by atoms with van der Waals surface area (Å²) in [6.07, 6.45) is 0. The molecule has 0 spiro atoms. The predicted molar refractivity (Wildman–Crippen MR) is 90.2 cm³/mol.